The summed E-state index contributed by atoms with van der Waals surface area (Å²) < 4.78 is 5.38. The smallest absolute Gasteiger partial charge is 0.119 e. The van der Waals surface area contributed by atoms with Crippen molar-refractivity contribution in [3.05, 3.63) is 95.1 Å². The van der Waals surface area contributed by atoms with Crippen molar-refractivity contribution in [1.29, 1.82) is 0 Å². The maximum atomic E-state index is 5.38. The number of nitrogens with zero attached hydrogens (tertiary/aromatic N) is 2. The van der Waals surface area contributed by atoms with Gasteiger partial charge in [-0.25, -0.2) is 0 Å². The van der Waals surface area contributed by atoms with Crippen LogP contribution in [0, 0.1) is 6.92 Å². The van der Waals surface area contributed by atoms with E-state index in [9.17, 15) is 0 Å². The van der Waals surface area contributed by atoms with Crippen molar-refractivity contribution in [2.45, 2.75) is 57.4 Å². The molecule has 0 N–H and O–H groups in total. The van der Waals surface area contributed by atoms with Gasteiger partial charge in [0.25, 0.3) is 0 Å². The van der Waals surface area contributed by atoms with Gasteiger partial charge in [0.1, 0.15) is 5.75 Å². The zero-order valence-corrected chi connectivity index (χ0v) is 21.6. The van der Waals surface area contributed by atoms with Crippen molar-refractivity contribution in [2.75, 3.05) is 19.1 Å². The normalized spacial score (nSPS) is 19.8. The molecule has 1 aliphatic heterocycles. The predicted molar refractivity (Wildman–Crippen MR) is 149 cm³/mol. The first kappa shape index (κ1) is 23.4. The zero-order chi connectivity index (χ0) is 24.6. The summed E-state index contributed by atoms with van der Waals surface area (Å²) in [6, 6.07) is 24.7. The van der Waals surface area contributed by atoms with E-state index < -0.39 is 0 Å². The number of ether oxygens (including phenoxy) is 1. The standard InChI is InChI=1S/C32H36N2O/c1-22-9-6-7-11-28(22)32(2,3)31(33-4)20-14-23-13-19-30-27(21-23)26-10-8-12-29(26)34(30)24-15-17-25(35-5)18-16-24/h6-7,9,11,13-21,26,29H,8,10,12H2,1-5H3/b20-14+,33-31+. The Morgan fingerprint density at radius 2 is 1.80 bits per heavy atom. The topological polar surface area (TPSA) is 24.8 Å². The second-order valence-electron chi connectivity index (χ2n) is 10.4. The van der Waals surface area contributed by atoms with E-state index >= 15 is 0 Å². The highest BCUT2D eigenvalue weighted by molar-refractivity contribution is 6.05. The van der Waals surface area contributed by atoms with Gasteiger partial charge in [-0.05, 0) is 84.5 Å². The second-order valence-corrected chi connectivity index (χ2v) is 10.4. The minimum absolute atomic E-state index is 0.158. The molecule has 2 unspecified atom stereocenters. The fourth-order valence-electron chi connectivity index (χ4n) is 6.21. The van der Waals surface area contributed by atoms with Gasteiger partial charge in [-0.1, -0.05) is 56.7 Å². The Kier molecular flexibility index (Phi) is 6.27. The van der Waals surface area contributed by atoms with Crippen molar-refractivity contribution >= 4 is 23.2 Å². The van der Waals surface area contributed by atoms with E-state index in [1.165, 1.54) is 52.9 Å². The third-order valence-electron chi connectivity index (χ3n) is 8.01. The number of aliphatic imine (C=N–C) groups is 1. The maximum absolute atomic E-state index is 5.38. The van der Waals surface area contributed by atoms with Gasteiger partial charge < -0.3 is 9.64 Å². The minimum atomic E-state index is -0.158. The van der Waals surface area contributed by atoms with Crippen molar-refractivity contribution in [3.63, 3.8) is 0 Å². The molecule has 0 aromatic heterocycles. The second kappa shape index (κ2) is 9.37. The van der Waals surface area contributed by atoms with Crippen LogP contribution in [0.4, 0.5) is 11.4 Å². The summed E-state index contributed by atoms with van der Waals surface area (Å²) >= 11 is 0. The van der Waals surface area contributed by atoms with Gasteiger partial charge in [-0.3, -0.25) is 4.99 Å². The molecule has 3 aromatic rings. The summed E-state index contributed by atoms with van der Waals surface area (Å²) in [5.74, 6) is 1.50. The fourth-order valence-corrected chi connectivity index (χ4v) is 6.21. The number of aryl methyl sites for hydroxylation is 1. The van der Waals surface area contributed by atoms with E-state index in [-0.39, 0.29) is 5.41 Å². The molecule has 1 fully saturated rings. The SMILES string of the molecule is C/N=C(\C=C\c1ccc2c(c1)C1CCCC1N2c1ccc(OC)cc1)C(C)(C)c1ccccc1C. The Bertz CT molecular complexity index is 1270. The lowest BCUT2D eigenvalue weighted by Gasteiger charge is -2.27. The molecule has 3 aromatic carbocycles. The average molecular weight is 465 g/mol. The molecule has 1 aliphatic carbocycles. The summed E-state index contributed by atoms with van der Waals surface area (Å²) in [6.45, 7) is 6.71. The molecule has 3 heteroatoms. The number of fused-ring (bicyclic) bond motifs is 3. The molecule has 0 amide bonds. The molecule has 2 atom stereocenters. The summed E-state index contributed by atoms with van der Waals surface area (Å²) in [5.41, 5.74) is 8.89. The molecule has 3 nitrogen and oxygen atoms in total. The van der Waals surface area contributed by atoms with Crippen molar-refractivity contribution in [1.82, 2.24) is 0 Å². The van der Waals surface area contributed by atoms with Crippen LogP contribution in [0.5, 0.6) is 5.75 Å². The van der Waals surface area contributed by atoms with E-state index in [4.69, 9.17) is 9.73 Å². The Balaban J connectivity index is 1.45. The molecule has 0 radical (unpaired) electrons. The number of allylic oxidation sites excluding steroid dienone is 1. The Morgan fingerprint density at radius 3 is 2.51 bits per heavy atom. The number of benzene rings is 3. The van der Waals surface area contributed by atoms with Crippen LogP contribution >= 0.6 is 0 Å². The lowest BCUT2D eigenvalue weighted by molar-refractivity contribution is 0.415. The molecule has 0 spiro atoms. The first-order chi connectivity index (χ1) is 16.9. The predicted octanol–water partition coefficient (Wildman–Crippen LogP) is 7.85. The van der Waals surface area contributed by atoms with Crippen LogP contribution < -0.4 is 9.64 Å². The summed E-state index contributed by atoms with van der Waals surface area (Å²) in [6.07, 6.45) is 8.24. The van der Waals surface area contributed by atoms with Gasteiger partial charge in [0.2, 0.25) is 0 Å². The van der Waals surface area contributed by atoms with Gasteiger partial charge >= 0.3 is 0 Å². The van der Waals surface area contributed by atoms with Crippen LogP contribution in [-0.4, -0.2) is 25.9 Å². The number of anilines is 2. The molecule has 1 saturated carbocycles. The maximum Gasteiger partial charge on any atom is 0.119 e. The Hall–Kier alpha value is -3.33. The third-order valence-corrected chi connectivity index (χ3v) is 8.01. The lowest BCUT2D eigenvalue weighted by atomic mass is 9.77. The third kappa shape index (κ3) is 4.18. The first-order valence-corrected chi connectivity index (χ1v) is 12.7. The van der Waals surface area contributed by atoms with E-state index in [1.54, 1.807) is 7.11 Å². The van der Waals surface area contributed by atoms with Crippen LogP contribution in [0.25, 0.3) is 6.08 Å². The van der Waals surface area contributed by atoms with Crippen LogP contribution in [0.15, 0.2) is 77.8 Å². The van der Waals surface area contributed by atoms with Gasteiger partial charge in [0, 0.05) is 41.5 Å². The Labute approximate surface area is 210 Å². The molecule has 1 heterocycles. The van der Waals surface area contributed by atoms with Crippen molar-refractivity contribution in [3.8, 4) is 5.75 Å². The van der Waals surface area contributed by atoms with E-state index in [0.717, 1.165) is 11.5 Å². The van der Waals surface area contributed by atoms with Crippen LogP contribution in [-0.2, 0) is 5.41 Å². The highest BCUT2D eigenvalue weighted by Gasteiger charge is 2.42. The summed E-state index contributed by atoms with van der Waals surface area (Å²) in [5, 5.41) is 0. The Morgan fingerprint density at radius 1 is 1.03 bits per heavy atom. The summed E-state index contributed by atoms with van der Waals surface area (Å²) in [4.78, 5) is 7.25. The van der Waals surface area contributed by atoms with Crippen LogP contribution in [0.1, 0.15) is 61.3 Å². The van der Waals surface area contributed by atoms with Gasteiger partial charge in [-0.2, -0.15) is 0 Å². The zero-order valence-electron chi connectivity index (χ0n) is 21.6. The van der Waals surface area contributed by atoms with Gasteiger partial charge in [0.15, 0.2) is 0 Å². The van der Waals surface area contributed by atoms with E-state index in [2.05, 4.69) is 105 Å². The van der Waals surface area contributed by atoms with Crippen molar-refractivity contribution < 1.29 is 4.74 Å². The number of rotatable bonds is 6. The average Bonchev–Trinajstić information content (AvgIpc) is 3.45. The van der Waals surface area contributed by atoms with Gasteiger partial charge in [0.05, 0.1) is 7.11 Å². The number of methoxy groups -OCH3 is 1. The van der Waals surface area contributed by atoms with Gasteiger partial charge in [-0.15, -0.1) is 0 Å². The van der Waals surface area contributed by atoms with Crippen LogP contribution in [0.3, 0.4) is 0 Å². The molecule has 5 rings (SSSR count). The summed E-state index contributed by atoms with van der Waals surface area (Å²) in [7, 11) is 3.62. The minimum Gasteiger partial charge on any atom is -0.497 e. The highest BCUT2D eigenvalue weighted by atomic mass is 16.5. The van der Waals surface area contributed by atoms with Crippen molar-refractivity contribution in [2.24, 2.45) is 4.99 Å². The van der Waals surface area contributed by atoms with Crippen LogP contribution in [0.2, 0.25) is 0 Å². The lowest BCUT2D eigenvalue weighted by Crippen LogP contribution is -2.28. The molecular formula is C32H36N2O. The molecular weight excluding hydrogens is 428 g/mol. The number of hydrogen-bond acceptors (Lipinski definition) is 3. The fraction of sp³-hybridized carbons (Fsp3) is 0.344. The highest BCUT2D eigenvalue weighted by Crippen LogP contribution is 2.52. The van der Waals surface area contributed by atoms with E-state index in [0.29, 0.717) is 12.0 Å². The monoisotopic (exact) mass is 464 g/mol. The quantitative estimate of drug-likeness (QED) is 0.347. The largest absolute Gasteiger partial charge is 0.497 e. The molecule has 0 saturated heterocycles. The molecule has 2 aliphatic rings. The molecule has 0 bridgehead atoms. The first-order valence-electron chi connectivity index (χ1n) is 12.7. The number of hydrogen-bond donors (Lipinski definition) is 0. The molecule has 180 valence electrons. The van der Waals surface area contributed by atoms with E-state index in [1.807, 2.05) is 7.05 Å². The molecule has 35 heavy (non-hydrogen) atoms.